The van der Waals surface area contributed by atoms with Gasteiger partial charge in [0.2, 0.25) is 5.91 Å². The highest BCUT2D eigenvalue weighted by Gasteiger charge is 2.09. The average molecular weight is 420 g/mol. The number of thiazole rings is 1. The second kappa shape index (κ2) is 8.74. The van der Waals surface area contributed by atoms with Crippen molar-refractivity contribution in [2.75, 3.05) is 17.2 Å². The molecule has 1 amide bonds. The summed E-state index contributed by atoms with van der Waals surface area (Å²) in [5, 5.41) is 7.63. The van der Waals surface area contributed by atoms with Crippen LogP contribution in [0.5, 0.6) is 0 Å². The van der Waals surface area contributed by atoms with Gasteiger partial charge in [0.15, 0.2) is 5.13 Å². The molecule has 7 heteroatoms. The molecule has 27 heavy (non-hydrogen) atoms. The lowest BCUT2D eigenvalue weighted by atomic mass is 10.1. The Bertz CT molecular complexity index is 972. The summed E-state index contributed by atoms with van der Waals surface area (Å²) in [6, 6.07) is 11.6. The van der Waals surface area contributed by atoms with Crippen LogP contribution in [0.15, 0.2) is 42.6 Å². The van der Waals surface area contributed by atoms with Crippen molar-refractivity contribution in [1.29, 1.82) is 0 Å². The van der Waals surface area contributed by atoms with Crippen molar-refractivity contribution in [2.24, 2.45) is 0 Å². The number of anilines is 2. The zero-order valence-electron chi connectivity index (χ0n) is 15.0. The predicted octanol–water partition coefficient (Wildman–Crippen LogP) is 5.71. The van der Waals surface area contributed by atoms with E-state index in [0.717, 1.165) is 21.7 Å². The van der Waals surface area contributed by atoms with Crippen LogP contribution in [-0.2, 0) is 11.2 Å². The minimum absolute atomic E-state index is 0.134. The number of carbonyl (C=O) groups excluding carboxylic acids is 1. The third kappa shape index (κ3) is 5.45. The molecule has 0 radical (unpaired) electrons. The maximum atomic E-state index is 12.2. The summed E-state index contributed by atoms with van der Waals surface area (Å²) < 4.78 is 0. The van der Waals surface area contributed by atoms with Gasteiger partial charge in [0.25, 0.3) is 0 Å². The van der Waals surface area contributed by atoms with Gasteiger partial charge in [-0.1, -0.05) is 47.0 Å². The van der Waals surface area contributed by atoms with E-state index in [-0.39, 0.29) is 12.5 Å². The van der Waals surface area contributed by atoms with Crippen molar-refractivity contribution in [3.63, 3.8) is 0 Å². The molecule has 0 bridgehead atoms. The van der Waals surface area contributed by atoms with E-state index >= 15 is 0 Å². The lowest BCUT2D eigenvalue weighted by Crippen LogP contribution is -2.21. The molecule has 0 aliphatic carbocycles. The Morgan fingerprint density at radius 3 is 2.67 bits per heavy atom. The molecule has 2 aromatic carbocycles. The van der Waals surface area contributed by atoms with Gasteiger partial charge in [-0.25, -0.2) is 4.98 Å². The van der Waals surface area contributed by atoms with Gasteiger partial charge in [-0.15, -0.1) is 11.3 Å². The number of nitrogens with zero attached hydrogens (tertiary/aromatic N) is 1. The number of rotatable bonds is 6. The van der Waals surface area contributed by atoms with E-state index < -0.39 is 0 Å². The van der Waals surface area contributed by atoms with Crippen LogP contribution in [-0.4, -0.2) is 17.4 Å². The fourth-order valence-electron chi connectivity index (χ4n) is 2.65. The van der Waals surface area contributed by atoms with E-state index in [1.807, 2.05) is 38.1 Å². The molecule has 0 fully saturated rings. The zero-order valence-corrected chi connectivity index (χ0v) is 17.3. The van der Waals surface area contributed by atoms with Crippen LogP contribution in [0.3, 0.4) is 0 Å². The Kier molecular flexibility index (Phi) is 6.37. The molecular formula is C20H19Cl2N3OS. The number of benzene rings is 2. The SMILES string of the molecule is Cc1ccc(NCC(=O)Nc2ncc(Cc3ccc(Cl)c(Cl)c3)s2)c(C)c1. The predicted molar refractivity (Wildman–Crippen MR) is 114 cm³/mol. The van der Waals surface area contributed by atoms with Crippen LogP contribution in [0.25, 0.3) is 0 Å². The number of nitrogens with one attached hydrogen (secondary N) is 2. The molecule has 0 saturated carbocycles. The number of amides is 1. The highest BCUT2D eigenvalue weighted by Crippen LogP contribution is 2.26. The second-order valence-electron chi connectivity index (χ2n) is 6.28. The lowest BCUT2D eigenvalue weighted by molar-refractivity contribution is -0.114. The molecule has 0 atom stereocenters. The van der Waals surface area contributed by atoms with Crippen LogP contribution in [0.2, 0.25) is 10.0 Å². The molecule has 0 aliphatic heterocycles. The summed E-state index contributed by atoms with van der Waals surface area (Å²) in [4.78, 5) is 17.5. The molecule has 4 nitrogen and oxygen atoms in total. The van der Waals surface area contributed by atoms with E-state index in [4.69, 9.17) is 23.2 Å². The first-order valence-corrected chi connectivity index (χ1v) is 9.97. The third-order valence-electron chi connectivity index (χ3n) is 3.98. The van der Waals surface area contributed by atoms with Crippen LogP contribution in [0.1, 0.15) is 21.6 Å². The van der Waals surface area contributed by atoms with Crippen molar-refractivity contribution in [1.82, 2.24) is 4.98 Å². The van der Waals surface area contributed by atoms with Gasteiger partial charge in [-0.3, -0.25) is 4.79 Å². The summed E-state index contributed by atoms with van der Waals surface area (Å²) in [6.45, 7) is 4.25. The van der Waals surface area contributed by atoms with Gasteiger partial charge in [0.1, 0.15) is 0 Å². The minimum Gasteiger partial charge on any atom is -0.376 e. The van der Waals surface area contributed by atoms with Crippen molar-refractivity contribution in [3.05, 3.63) is 74.2 Å². The van der Waals surface area contributed by atoms with Gasteiger partial charge in [-0.05, 0) is 43.2 Å². The fraction of sp³-hybridized carbons (Fsp3) is 0.200. The van der Waals surface area contributed by atoms with Gasteiger partial charge in [0.05, 0.1) is 16.6 Å². The van der Waals surface area contributed by atoms with E-state index in [9.17, 15) is 4.79 Å². The first-order chi connectivity index (χ1) is 12.9. The summed E-state index contributed by atoms with van der Waals surface area (Å²) in [5.74, 6) is -0.134. The number of hydrogen-bond donors (Lipinski definition) is 2. The Hall–Kier alpha value is -2.08. The molecule has 3 rings (SSSR count). The lowest BCUT2D eigenvalue weighted by Gasteiger charge is -2.09. The molecule has 0 aliphatic rings. The zero-order chi connectivity index (χ0) is 19.4. The summed E-state index contributed by atoms with van der Waals surface area (Å²) in [5.41, 5.74) is 4.30. The number of aryl methyl sites for hydroxylation is 2. The number of carbonyl (C=O) groups is 1. The number of aromatic nitrogens is 1. The van der Waals surface area contributed by atoms with Crippen molar-refractivity contribution in [2.45, 2.75) is 20.3 Å². The molecule has 0 unspecified atom stereocenters. The normalized spacial score (nSPS) is 10.7. The molecule has 2 N–H and O–H groups in total. The van der Waals surface area contributed by atoms with Gasteiger partial charge in [-0.2, -0.15) is 0 Å². The molecule has 0 spiro atoms. The fourth-order valence-corrected chi connectivity index (χ4v) is 3.83. The highest BCUT2D eigenvalue weighted by molar-refractivity contribution is 7.15. The topological polar surface area (TPSA) is 54.0 Å². The first-order valence-electron chi connectivity index (χ1n) is 8.40. The van der Waals surface area contributed by atoms with Crippen LogP contribution in [0.4, 0.5) is 10.8 Å². The molecule has 3 aromatic rings. The summed E-state index contributed by atoms with van der Waals surface area (Å²) in [7, 11) is 0. The molecule has 1 aromatic heterocycles. The van der Waals surface area contributed by atoms with Gasteiger partial charge < -0.3 is 10.6 Å². The monoisotopic (exact) mass is 419 g/mol. The Labute approximate surface area is 172 Å². The molecular weight excluding hydrogens is 401 g/mol. The smallest absolute Gasteiger partial charge is 0.245 e. The number of halogens is 2. The Balaban J connectivity index is 1.55. The summed E-state index contributed by atoms with van der Waals surface area (Å²) >= 11 is 13.4. The van der Waals surface area contributed by atoms with Crippen molar-refractivity contribution in [3.8, 4) is 0 Å². The second-order valence-corrected chi connectivity index (χ2v) is 8.21. The first kappa shape index (κ1) is 19.7. The van der Waals surface area contributed by atoms with Crippen molar-refractivity contribution < 1.29 is 4.79 Å². The van der Waals surface area contributed by atoms with Gasteiger partial charge >= 0.3 is 0 Å². The molecule has 1 heterocycles. The van der Waals surface area contributed by atoms with Crippen LogP contribution >= 0.6 is 34.5 Å². The Morgan fingerprint density at radius 2 is 1.93 bits per heavy atom. The molecule has 140 valence electrons. The molecule has 0 saturated heterocycles. The van der Waals surface area contributed by atoms with Crippen molar-refractivity contribution >= 4 is 51.3 Å². The average Bonchev–Trinajstić information content (AvgIpc) is 3.04. The summed E-state index contributed by atoms with van der Waals surface area (Å²) in [6.07, 6.45) is 2.45. The standard InChI is InChI=1S/C20H19Cl2N3OS/c1-12-3-6-18(13(2)7-12)23-11-19(26)25-20-24-10-15(27-20)8-14-4-5-16(21)17(22)9-14/h3-7,9-10,23H,8,11H2,1-2H3,(H,24,25,26). The van der Waals surface area contributed by atoms with Gasteiger partial charge in [0, 0.05) is 23.2 Å². The minimum atomic E-state index is -0.134. The highest BCUT2D eigenvalue weighted by atomic mass is 35.5. The van der Waals surface area contributed by atoms with E-state index in [0.29, 0.717) is 21.6 Å². The van der Waals surface area contributed by atoms with Crippen LogP contribution < -0.4 is 10.6 Å². The van der Waals surface area contributed by atoms with E-state index in [2.05, 4.69) is 21.7 Å². The van der Waals surface area contributed by atoms with E-state index in [1.54, 1.807) is 12.3 Å². The third-order valence-corrected chi connectivity index (χ3v) is 5.64. The quantitative estimate of drug-likeness (QED) is 0.537. The Morgan fingerprint density at radius 1 is 1.11 bits per heavy atom. The largest absolute Gasteiger partial charge is 0.376 e. The van der Waals surface area contributed by atoms with Crippen LogP contribution in [0, 0.1) is 13.8 Å². The van der Waals surface area contributed by atoms with E-state index in [1.165, 1.54) is 16.9 Å². The maximum absolute atomic E-state index is 12.2. The maximum Gasteiger partial charge on any atom is 0.245 e. The number of hydrogen-bond acceptors (Lipinski definition) is 4.